The summed E-state index contributed by atoms with van der Waals surface area (Å²) in [6.07, 6.45) is 2.27. The largest absolute Gasteiger partial charge is 0.327 e. The van der Waals surface area contributed by atoms with Gasteiger partial charge in [0.25, 0.3) is 0 Å². The van der Waals surface area contributed by atoms with E-state index in [0.29, 0.717) is 6.42 Å². The van der Waals surface area contributed by atoms with E-state index in [1.807, 2.05) is 32.3 Å². The number of nitrogens with zero attached hydrogens (tertiary/aromatic N) is 1. The van der Waals surface area contributed by atoms with Gasteiger partial charge in [0.05, 0.1) is 0 Å². The minimum absolute atomic E-state index is 0.0112. The third-order valence-electron chi connectivity index (χ3n) is 2.82. The third kappa shape index (κ3) is 6.36. The van der Waals surface area contributed by atoms with Crippen molar-refractivity contribution in [3.05, 3.63) is 29.8 Å². The van der Waals surface area contributed by atoms with Gasteiger partial charge >= 0.3 is 0 Å². The molecule has 4 nitrogen and oxygen atoms in total. The Kier molecular flexibility index (Phi) is 6.53. The summed E-state index contributed by atoms with van der Waals surface area (Å²) in [5, 5.41) is 2.91. The Bertz CT molecular complexity index is 404. The maximum Gasteiger partial charge on any atom is 0.225 e. The maximum absolute atomic E-state index is 11.8. The second-order valence-electron chi connectivity index (χ2n) is 5.24. The fourth-order valence-corrected chi connectivity index (χ4v) is 2.04. The number of carbonyl (C=O) groups excluding carboxylic acids is 1. The lowest BCUT2D eigenvalue weighted by Gasteiger charge is -2.13. The van der Waals surface area contributed by atoms with Gasteiger partial charge in [0, 0.05) is 24.7 Å². The molecule has 0 aromatic heterocycles. The Morgan fingerprint density at radius 2 is 2.16 bits per heavy atom. The lowest BCUT2D eigenvalue weighted by molar-refractivity contribution is -0.116. The molecule has 1 unspecified atom stereocenters. The number of amides is 1. The highest BCUT2D eigenvalue weighted by Crippen LogP contribution is 2.12. The topological polar surface area (TPSA) is 58.4 Å². The second kappa shape index (κ2) is 7.92. The van der Waals surface area contributed by atoms with Crippen LogP contribution < -0.4 is 11.1 Å². The Morgan fingerprint density at radius 1 is 1.42 bits per heavy atom. The van der Waals surface area contributed by atoms with Crippen molar-refractivity contribution in [3.8, 4) is 0 Å². The van der Waals surface area contributed by atoms with E-state index >= 15 is 0 Å². The zero-order valence-electron chi connectivity index (χ0n) is 12.1. The molecule has 1 rings (SSSR count). The van der Waals surface area contributed by atoms with Gasteiger partial charge in [0.15, 0.2) is 0 Å². The molecule has 1 aromatic rings. The molecule has 1 amide bonds. The number of hydrogen-bond acceptors (Lipinski definition) is 3. The molecular formula is C15H25N3O. The quantitative estimate of drug-likeness (QED) is 0.793. The number of carbonyl (C=O) groups is 1. The van der Waals surface area contributed by atoms with Crippen LogP contribution in [0.25, 0.3) is 0 Å². The average Bonchev–Trinajstić information content (AvgIpc) is 2.28. The van der Waals surface area contributed by atoms with E-state index in [2.05, 4.69) is 23.2 Å². The normalized spacial score (nSPS) is 12.5. The van der Waals surface area contributed by atoms with Crippen molar-refractivity contribution in [1.29, 1.82) is 0 Å². The number of nitrogens with two attached hydrogens (primary N) is 1. The van der Waals surface area contributed by atoms with Gasteiger partial charge in [-0.15, -0.1) is 0 Å². The van der Waals surface area contributed by atoms with Crippen LogP contribution in [0.4, 0.5) is 5.69 Å². The van der Waals surface area contributed by atoms with E-state index < -0.39 is 0 Å². The van der Waals surface area contributed by atoms with Crippen LogP contribution in [0.1, 0.15) is 31.7 Å². The highest BCUT2D eigenvalue weighted by atomic mass is 16.1. The number of anilines is 1. The summed E-state index contributed by atoms with van der Waals surface area (Å²) < 4.78 is 0. The Hall–Kier alpha value is -1.39. The summed E-state index contributed by atoms with van der Waals surface area (Å²) in [5.41, 5.74) is 7.89. The van der Waals surface area contributed by atoms with E-state index in [1.165, 1.54) is 5.56 Å². The summed E-state index contributed by atoms with van der Waals surface area (Å²) in [4.78, 5) is 13.9. The lowest BCUT2D eigenvalue weighted by atomic mass is 10.1. The summed E-state index contributed by atoms with van der Waals surface area (Å²) in [5.74, 6) is -0.0112. The van der Waals surface area contributed by atoms with Gasteiger partial charge < -0.3 is 16.0 Å². The maximum atomic E-state index is 11.8. The predicted molar refractivity (Wildman–Crippen MR) is 80.0 cm³/mol. The minimum Gasteiger partial charge on any atom is -0.327 e. The number of benzene rings is 1. The predicted octanol–water partition coefficient (Wildman–Crippen LogP) is 2.20. The molecule has 0 aliphatic carbocycles. The van der Waals surface area contributed by atoms with Crippen LogP contribution in [0.3, 0.4) is 0 Å². The first kappa shape index (κ1) is 15.7. The van der Waals surface area contributed by atoms with Gasteiger partial charge in [-0.2, -0.15) is 0 Å². The average molecular weight is 263 g/mol. The molecule has 0 bridgehead atoms. The second-order valence-corrected chi connectivity index (χ2v) is 5.24. The van der Waals surface area contributed by atoms with Crippen LogP contribution in [0.15, 0.2) is 24.3 Å². The van der Waals surface area contributed by atoms with Gasteiger partial charge in [-0.1, -0.05) is 25.5 Å². The van der Waals surface area contributed by atoms with Gasteiger partial charge in [0.1, 0.15) is 0 Å². The molecule has 0 heterocycles. The molecular weight excluding hydrogens is 238 g/mol. The minimum atomic E-state index is -0.0463. The molecule has 0 saturated heterocycles. The van der Waals surface area contributed by atoms with Crippen LogP contribution >= 0.6 is 0 Å². The summed E-state index contributed by atoms with van der Waals surface area (Å²) in [6, 6.07) is 7.87. The van der Waals surface area contributed by atoms with Crippen LogP contribution in [0.5, 0.6) is 0 Å². The summed E-state index contributed by atoms with van der Waals surface area (Å²) in [6.45, 7) is 2.93. The Labute approximate surface area is 116 Å². The fourth-order valence-electron chi connectivity index (χ4n) is 2.04. The molecule has 1 aromatic carbocycles. The molecule has 4 heteroatoms. The van der Waals surface area contributed by atoms with E-state index in [-0.39, 0.29) is 11.9 Å². The van der Waals surface area contributed by atoms with Crippen molar-refractivity contribution < 1.29 is 4.79 Å². The number of nitrogens with one attached hydrogen (secondary N) is 1. The molecule has 106 valence electrons. The van der Waals surface area contributed by atoms with Gasteiger partial charge in [0.2, 0.25) is 5.91 Å². The molecule has 0 radical (unpaired) electrons. The van der Waals surface area contributed by atoms with E-state index in [4.69, 9.17) is 5.73 Å². The molecule has 0 aliphatic heterocycles. The molecule has 1 atom stereocenters. The van der Waals surface area contributed by atoms with Gasteiger partial charge in [-0.05, 0) is 38.2 Å². The van der Waals surface area contributed by atoms with E-state index in [1.54, 1.807) is 0 Å². The van der Waals surface area contributed by atoms with Crippen LogP contribution in [-0.4, -0.2) is 30.9 Å². The lowest BCUT2D eigenvalue weighted by Crippen LogP contribution is -2.26. The monoisotopic (exact) mass is 263 g/mol. The highest BCUT2D eigenvalue weighted by molar-refractivity contribution is 5.91. The molecule has 0 spiro atoms. The summed E-state index contributed by atoms with van der Waals surface area (Å²) in [7, 11) is 4.05. The van der Waals surface area contributed by atoms with Crippen molar-refractivity contribution in [3.63, 3.8) is 0 Å². The van der Waals surface area contributed by atoms with Crippen molar-refractivity contribution >= 4 is 11.6 Å². The Morgan fingerprint density at radius 3 is 2.79 bits per heavy atom. The zero-order valence-corrected chi connectivity index (χ0v) is 12.1. The first-order valence-electron chi connectivity index (χ1n) is 6.80. The smallest absolute Gasteiger partial charge is 0.225 e. The SMILES string of the molecule is CCCC(N)CC(=O)Nc1cccc(CN(C)C)c1. The first-order chi connectivity index (χ1) is 9.01. The highest BCUT2D eigenvalue weighted by Gasteiger charge is 2.09. The standard InChI is InChI=1S/C15H25N3O/c1-4-6-13(16)10-15(19)17-14-8-5-7-12(9-14)11-18(2)3/h5,7-9,13H,4,6,10-11,16H2,1-3H3,(H,17,19). The first-order valence-corrected chi connectivity index (χ1v) is 6.80. The molecule has 0 fully saturated rings. The van der Waals surface area contributed by atoms with Crippen molar-refractivity contribution in [2.45, 2.75) is 38.8 Å². The Balaban J connectivity index is 2.54. The van der Waals surface area contributed by atoms with Crippen LogP contribution in [0.2, 0.25) is 0 Å². The number of rotatable bonds is 7. The van der Waals surface area contributed by atoms with Gasteiger partial charge in [-0.3, -0.25) is 4.79 Å². The van der Waals surface area contributed by atoms with Crippen LogP contribution in [0, 0.1) is 0 Å². The van der Waals surface area contributed by atoms with Crippen LogP contribution in [-0.2, 0) is 11.3 Å². The fraction of sp³-hybridized carbons (Fsp3) is 0.533. The van der Waals surface area contributed by atoms with Crippen molar-refractivity contribution in [1.82, 2.24) is 4.90 Å². The third-order valence-corrected chi connectivity index (χ3v) is 2.82. The molecule has 3 N–H and O–H groups in total. The summed E-state index contributed by atoms with van der Waals surface area (Å²) >= 11 is 0. The molecule has 0 saturated carbocycles. The van der Waals surface area contributed by atoms with Crippen molar-refractivity contribution in [2.24, 2.45) is 5.73 Å². The molecule has 0 aliphatic rings. The zero-order chi connectivity index (χ0) is 14.3. The number of hydrogen-bond donors (Lipinski definition) is 2. The van der Waals surface area contributed by atoms with E-state index in [9.17, 15) is 4.79 Å². The van der Waals surface area contributed by atoms with Crippen molar-refractivity contribution in [2.75, 3.05) is 19.4 Å². The molecule has 19 heavy (non-hydrogen) atoms. The van der Waals surface area contributed by atoms with Gasteiger partial charge in [-0.25, -0.2) is 0 Å². The van der Waals surface area contributed by atoms with E-state index in [0.717, 1.165) is 25.1 Å².